The summed E-state index contributed by atoms with van der Waals surface area (Å²) in [6.45, 7) is -0.645. The van der Waals surface area contributed by atoms with Gasteiger partial charge in [-0.3, -0.25) is 9.78 Å². The van der Waals surface area contributed by atoms with Crippen LogP contribution in [0.4, 0.5) is 22.0 Å². The lowest BCUT2D eigenvalue weighted by atomic mass is 10.0. The molecule has 0 spiro atoms. The molecule has 0 aromatic carbocycles. The van der Waals surface area contributed by atoms with Gasteiger partial charge in [-0.25, -0.2) is 8.78 Å². The molecule has 2 N–H and O–H groups in total. The lowest BCUT2D eigenvalue weighted by molar-refractivity contribution is -0.140. The van der Waals surface area contributed by atoms with Crippen molar-refractivity contribution in [3.8, 4) is 0 Å². The van der Waals surface area contributed by atoms with Crippen LogP contribution in [-0.4, -0.2) is 11.3 Å². The van der Waals surface area contributed by atoms with E-state index in [0.717, 1.165) is 0 Å². The molecule has 8 heteroatoms. The molecule has 0 saturated carbocycles. The third-order valence-electron chi connectivity index (χ3n) is 2.05. The van der Waals surface area contributed by atoms with Crippen LogP contribution in [-0.2, 0) is 12.7 Å². The van der Waals surface area contributed by atoms with E-state index >= 15 is 0 Å². The molecule has 0 amide bonds. The quantitative estimate of drug-likeness (QED) is 0.665. The van der Waals surface area contributed by atoms with Gasteiger partial charge in [0.2, 0.25) is 0 Å². The number of nitrogens with two attached hydrogens (primary N) is 1. The standard InChI is InChI=1S/C9H7F5N2O/c10-8(11)6-4(3-17)2-16-5(1-15)7(6)9(12,13)14/h2-3,8H,1,15H2. The summed E-state index contributed by atoms with van der Waals surface area (Å²) < 4.78 is 63.1. The maximum atomic E-state index is 12.6. The number of pyridine rings is 1. The van der Waals surface area contributed by atoms with Crippen LogP contribution in [0.1, 0.15) is 33.6 Å². The first-order valence-corrected chi connectivity index (χ1v) is 4.35. The normalized spacial score (nSPS) is 11.9. The minimum atomic E-state index is -5.04. The zero-order valence-corrected chi connectivity index (χ0v) is 8.26. The minimum absolute atomic E-state index is 0.0932. The average molecular weight is 254 g/mol. The highest BCUT2D eigenvalue weighted by Crippen LogP contribution is 2.39. The van der Waals surface area contributed by atoms with E-state index in [1.807, 2.05) is 0 Å². The highest BCUT2D eigenvalue weighted by Gasteiger charge is 2.40. The van der Waals surface area contributed by atoms with E-state index in [1.54, 1.807) is 0 Å². The molecular weight excluding hydrogens is 247 g/mol. The van der Waals surface area contributed by atoms with Gasteiger partial charge in [0.1, 0.15) is 0 Å². The van der Waals surface area contributed by atoms with E-state index in [1.165, 1.54) is 0 Å². The Morgan fingerprint density at radius 1 is 1.41 bits per heavy atom. The first kappa shape index (κ1) is 13.5. The number of carbonyl (C=O) groups is 1. The van der Waals surface area contributed by atoms with Crippen LogP contribution in [0.5, 0.6) is 0 Å². The number of hydrogen-bond donors (Lipinski definition) is 1. The van der Waals surface area contributed by atoms with Gasteiger partial charge in [0, 0.05) is 23.9 Å². The SMILES string of the molecule is NCc1ncc(C=O)c(C(F)F)c1C(F)(F)F. The Balaban J connectivity index is 3.65. The average Bonchev–Trinajstić information content (AvgIpc) is 2.25. The van der Waals surface area contributed by atoms with E-state index in [4.69, 9.17) is 5.73 Å². The van der Waals surface area contributed by atoms with Crippen LogP contribution in [0.15, 0.2) is 6.20 Å². The maximum Gasteiger partial charge on any atom is 0.418 e. The number of hydrogen-bond acceptors (Lipinski definition) is 3. The van der Waals surface area contributed by atoms with Gasteiger partial charge in [0.25, 0.3) is 6.43 Å². The van der Waals surface area contributed by atoms with E-state index in [0.29, 0.717) is 6.20 Å². The predicted octanol–water partition coefficient (Wildman–Crippen LogP) is 2.31. The van der Waals surface area contributed by atoms with Crippen LogP contribution < -0.4 is 5.73 Å². The van der Waals surface area contributed by atoms with Gasteiger partial charge in [-0.2, -0.15) is 13.2 Å². The lowest BCUT2D eigenvalue weighted by Crippen LogP contribution is -2.19. The second kappa shape index (κ2) is 4.74. The van der Waals surface area contributed by atoms with Crippen molar-refractivity contribution in [2.24, 2.45) is 5.73 Å². The zero-order chi connectivity index (χ0) is 13.2. The fourth-order valence-electron chi connectivity index (χ4n) is 1.38. The molecule has 0 bridgehead atoms. The summed E-state index contributed by atoms with van der Waals surface area (Å²) in [5.41, 5.74) is 0.517. The first-order valence-electron chi connectivity index (χ1n) is 4.35. The summed E-state index contributed by atoms with van der Waals surface area (Å²) in [5.74, 6) is 0. The van der Waals surface area contributed by atoms with E-state index in [9.17, 15) is 26.7 Å². The van der Waals surface area contributed by atoms with E-state index in [-0.39, 0.29) is 6.29 Å². The number of alkyl halides is 5. The van der Waals surface area contributed by atoms with Crippen LogP contribution in [0.25, 0.3) is 0 Å². The zero-order valence-electron chi connectivity index (χ0n) is 8.26. The van der Waals surface area contributed by atoms with Crippen molar-refractivity contribution in [1.82, 2.24) is 4.98 Å². The van der Waals surface area contributed by atoms with Crippen molar-refractivity contribution >= 4 is 6.29 Å². The number of aldehydes is 1. The largest absolute Gasteiger partial charge is 0.418 e. The molecule has 94 valence electrons. The topological polar surface area (TPSA) is 56.0 Å². The summed E-state index contributed by atoms with van der Waals surface area (Å²) >= 11 is 0. The molecule has 0 unspecified atom stereocenters. The number of nitrogens with zero attached hydrogens (tertiary/aromatic N) is 1. The molecule has 17 heavy (non-hydrogen) atoms. The monoisotopic (exact) mass is 254 g/mol. The van der Waals surface area contributed by atoms with Crippen LogP contribution in [0, 0.1) is 0 Å². The first-order chi connectivity index (χ1) is 7.82. The van der Waals surface area contributed by atoms with Crippen LogP contribution in [0.3, 0.4) is 0 Å². The molecule has 0 saturated heterocycles. The molecule has 1 aromatic heterocycles. The van der Waals surface area contributed by atoms with Gasteiger partial charge in [-0.1, -0.05) is 0 Å². The molecule has 1 rings (SSSR count). The van der Waals surface area contributed by atoms with Crippen LogP contribution in [0.2, 0.25) is 0 Å². The minimum Gasteiger partial charge on any atom is -0.325 e. The van der Waals surface area contributed by atoms with Gasteiger partial charge in [-0.15, -0.1) is 0 Å². The molecule has 0 aliphatic heterocycles. The van der Waals surface area contributed by atoms with Crippen molar-refractivity contribution in [1.29, 1.82) is 0 Å². The second-order valence-electron chi connectivity index (χ2n) is 3.07. The number of halogens is 5. The van der Waals surface area contributed by atoms with E-state index in [2.05, 4.69) is 4.98 Å². The Kier molecular flexibility index (Phi) is 3.76. The molecule has 3 nitrogen and oxygen atoms in total. The Labute approximate surface area is 92.4 Å². The van der Waals surface area contributed by atoms with Crippen molar-refractivity contribution in [2.75, 3.05) is 0 Å². The smallest absolute Gasteiger partial charge is 0.325 e. The Hall–Kier alpha value is -1.57. The van der Waals surface area contributed by atoms with Crippen molar-refractivity contribution in [3.63, 3.8) is 0 Å². The Bertz CT molecular complexity index is 430. The molecule has 1 heterocycles. The number of carbonyl (C=O) groups excluding carboxylic acids is 1. The molecular formula is C9H7F5N2O. The lowest BCUT2D eigenvalue weighted by Gasteiger charge is -2.16. The molecule has 0 aliphatic carbocycles. The summed E-state index contributed by atoms with van der Waals surface area (Å²) in [7, 11) is 0. The third kappa shape index (κ3) is 2.57. The van der Waals surface area contributed by atoms with E-state index < -0.39 is 41.5 Å². The van der Waals surface area contributed by atoms with Gasteiger partial charge < -0.3 is 5.73 Å². The van der Waals surface area contributed by atoms with Gasteiger partial charge in [0.15, 0.2) is 6.29 Å². The van der Waals surface area contributed by atoms with Gasteiger partial charge >= 0.3 is 6.18 Å². The third-order valence-corrected chi connectivity index (χ3v) is 2.05. The summed E-state index contributed by atoms with van der Waals surface area (Å²) in [5, 5.41) is 0. The van der Waals surface area contributed by atoms with Gasteiger partial charge in [-0.05, 0) is 0 Å². The van der Waals surface area contributed by atoms with Gasteiger partial charge in [0.05, 0.1) is 11.3 Å². The fraction of sp³-hybridized carbons (Fsp3) is 0.333. The maximum absolute atomic E-state index is 12.6. The Morgan fingerprint density at radius 2 is 2.00 bits per heavy atom. The van der Waals surface area contributed by atoms with Crippen molar-refractivity contribution in [2.45, 2.75) is 19.1 Å². The van der Waals surface area contributed by atoms with Crippen molar-refractivity contribution < 1.29 is 26.7 Å². The summed E-state index contributed by atoms with van der Waals surface area (Å²) in [4.78, 5) is 13.7. The summed E-state index contributed by atoms with van der Waals surface area (Å²) in [6.07, 6.45) is -7.90. The highest BCUT2D eigenvalue weighted by atomic mass is 19.4. The molecule has 0 radical (unpaired) electrons. The fourth-order valence-corrected chi connectivity index (χ4v) is 1.38. The number of aromatic nitrogens is 1. The van der Waals surface area contributed by atoms with Crippen molar-refractivity contribution in [3.05, 3.63) is 28.6 Å². The number of rotatable bonds is 3. The predicted molar refractivity (Wildman–Crippen MR) is 47.5 cm³/mol. The second-order valence-corrected chi connectivity index (χ2v) is 3.07. The summed E-state index contributed by atoms with van der Waals surface area (Å²) in [6, 6.07) is 0. The Morgan fingerprint density at radius 3 is 2.35 bits per heavy atom. The van der Waals surface area contributed by atoms with Crippen LogP contribution >= 0.6 is 0 Å². The highest BCUT2D eigenvalue weighted by molar-refractivity contribution is 5.78. The molecule has 1 aromatic rings. The molecule has 0 fully saturated rings. The molecule has 0 aliphatic rings. The molecule has 0 atom stereocenters.